The van der Waals surface area contributed by atoms with Crippen molar-refractivity contribution < 1.29 is 0 Å². The van der Waals surface area contributed by atoms with E-state index in [-0.39, 0.29) is 0 Å². The summed E-state index contributed by atoms with van der Waals surface area (Å²) < 4.78 is 1.06. The van der Waals surface area contributed by atoms with Crippen molar-refractivity contribution in [3.05, 3.63) is 47.5 Å². The molecule has 0 saturated heterocycles. The van der Waals surface area contributed by atoms with Gasteiger partial charge in [-0.15, -0.1) is 0 Å². The van der Waals surface area contributed by atoms with Gasteiger partial charge in [0.2, 0.25) is 0 Å². The molecule has 0 radical (unpaired) electrons. The van der Waals surface area contributed by atoms with Gasteiger partial charge in [-0.3, -0.25) is 0 Å². The van der Waals surface area contributed by atoms with E-state index in [1.807, 2.05) is 0 Å². The van der Waals surface area contributed by atoms with E-state index in [2.05, 4.69) is 51.2 Å². The van der Waals surface area contributed by atoms with Crippen LogP contribution < -0.4 is 0 Å². The van der Waals surface area contributed by atoms with E-state index in [1.165, 1.54) is 0 Å². The SMILES string of the molecule is [CH3][Sn]([CH3])([CH3])[CH]1[C@H]2C=C[C@@H]1[C@H]1c3ccccc3[C@H]12. The normalized spacial score (nSPS) is 41.0. The van der Waals surface area contributed by atoms with Crippen molar-refractivity contribution in [2.45, 2.75) is 30.6 Å². The molecule has 0 spiro atoms. The summed E-state index contributed by atoms with van der Waals surface area (Å²) in [6.45, 7) is 0. The molecule has 2 bridgehead atoms. The van der Waals surface area contributed by atoms with Gasteiger partial charge >= 0.3 is 108 Å². The van der Waals surface area contributed by atoms with Crippen LogP contribution in [0.3, 0.4) is 0 Å². The zero-order valence-electron chi connectivity index (χ0n) is 10.9. The molecule has 1 fully saturated rings. The van der Waals surface area contributed by atoms with Crippen molar-refractivity contribution in [3.63, 3.8) is 0 Å². The summed E-state index contributed by atoms with van der Waals surface area (Å²) >= 11 is -1.79. The van der Waals surface area contributed by atoms with E-state index in [1.54, 1.807) is 11.1 Å². The third kappa shape index (κ3) is 1.20. The van der Waals surface area contributed by atoms with Gasteiger partial charge < -0.3 is 0 Å². The maximum absolute atomic E-state index is 2.63. The van der Waals surface area contributed by atoms with Crippen LogP contribution in [0, 0.1) is 11.8 Å². The molecule has 3 aliphatic carbocycles. The molecular weight excluding hydrogens is 311 g/mol. The van der Waals surface area contributed by atoms with Gasteiger partial charge in [0.05, 0.1) is 0 Å². The van der Waals surface area contributed by atoms with Crippen LogP contribution in [0.5, 0.6) is 0 Å². The van der Waals surface area contributed by atoms with Crippen molar-refractivity contribution in [1.29, 1.82) is 0 Å². The number of fused-ring (bicyclic) bond motifs is 8. The Hall–Kier alpha value is -0.241. The zero-order valence-corrected chi connectivity index (χ0v) is 13.7. The second-order valence-electron chi connectivity index (χ2n) is 7.11. The van der Waals surface area contributed by atoms with Crippen LogP contribution >= 0.6 is 0 Å². The fourth-order valence-electron chi connectivity index (χ4n) is 4.90. The third-order valence-electron chi connectivity index (χ3n) is 5.32. The van der Waals surface area contributed by atoms with Crippen molar-refractivity contribution in [1.82, 2.24) is 0 Å². The summed E-state index contributed by atoms with van der Waals surface area (Å²) in [5.41, 5.74) is 3.35. The Morgan fingerprint density at radius 2 is 1.29 bits per heavy atom. The van der Waals surface area contributed by atoms with Gasteiger partial charge in [-0.25, -0.2) is 0 Å². The molecule has 0 aromatic heterocycles. The maximum atomic E-state index is 2.63. The van der Waals surface area contributed by atoms with E-state index >= 15 is 0 Å². The molecule has 0 aliphatic heterocycles. The summed E-state index contributed by atoms with van der Waals surface area (Å²) in [7, 11) is 0. The van der Waals surface area contributed by atoms with E-state index < -0.39 is 18.4 Å². The van der Waals surface area contributed by atoms with Crippen molar-refractivity contribution in [2.24, 2.45) is 11.8 Å². The first-order valence-electron chi connectivity index (χ1n) is 6.86. The van der Waals surface area contributed by atoms with Crippen molar-refractivity contribution in [3.8, 4) is 0 Å². The number of allylic oxidation sites excluding steroid dienone is 2. The Morgan fingerprint density at radius 1 is 0.824 bits per heavy atom. The molecule has 1 unspecified atom stereocenters. The number of hydrogen-bond acceptors (Lipinski definition) is 0. The van der Waals surface area contributed by atoms with Crippen LogP contribution in [-0.2, 0) is 0 Å². The van der Waals surface area contributed by atoms with Gasteiger partial charge in [-0.2, -0.15) is 0 Å². The Labute approximate surface area is 108 Å². The minimum absolute atomic E-state index is 0.891. The predicted molar refractivity (Wildman–Crippen MR) is 75.1 cm³/mol. The van der Waals surface area contributed by atoms with Crippen LogP contribution in [0.25, 0.3) is 0 Å². The summed E-state index contributed by atoms with van der Waals surface area (Å²) in [6, 6.07) is 9.20. The van der Waals surface area contributed by atoms with Gasteiger partial charge in [-0.05, 0) is 0 Å². The van der Waals surface area contributed by atoms with Crippen LogP contribution in [0.15, 0.2) is 36.4 Å². The van der Waals surface area contributed by atoms with Gasteiger partial charge in [-0.1, -0.05) is 0 Å². The number of benzene rings is 1. The first-order chi connectivity index (χ1) is 8.09. The van der Waals surface area contributed by atoms with Crippen molar-refractivity contribution in [2.75, 3.05) is 0 Å². The van der Waals surface area contributed by atoms with Crippen LogP contribution in [0.2, 0.25) is 18.8 Å². The quantitative estimate of drug-likeness (QED) is 0.529. The van der Waals surface area contributed by atoms with Gasteiger partial charge in [0.25, 0.3) is 0 Å². The second kappa shape index (κ2) is 3.20. The van der Waals surface area contributed by atoms with E-state index in [9.17, 15) is 0 Å². The summed E-state index contributed by atoms with van der Waals surface area (Å²) in [6.07, 6.45) is 5.13. The molecular formula is C16H20Sn. The summed E-state index contributed by atoms with van der Waals surface area (Å²) in [4.78, 5) is 7.88. The molecule has 1 heteroatoms. The van der Waals surface area contributed by atoms with Crippen molar-refractivity contribution >= 4 is 18.4 Å². The summed E-state index contributed by atoms with van der Waals surface area (Å²) in [5.74, 6) is 3.58. The Morgan fingerprint density at radius 3 is 1.71 bits per heavy atom. The molecule has 0 nitrogen and oxygen atoms in total. The minimum atomic E-state index is -1.79. The Bertz CT molecular complexity index is 470. The zero-order chi connectivity index (χ0) is 11.8. The topological polar surface area (TPSA) is 0 Å². The molecule has 1 aromatic rings. The van der Waals surface area contributed by atoms with Gasteiger partial charge in [0.1, 0.15) is 0 Å². The molecule has 0 N–H and O–H groups in total. The molecule has 1 saturated carbocycles. The number of rotatable bonds is 1. The second-order valence-corrected chi connectivity index (χ2v) is 22.5. The Kier molecular flexibility index (Phi) is 2.01. The van der Waals surface area contributed by atoms with Crippen LogP contribution in [0.4, 0.5) is 0 Å². The van der Waals surface area contributed by atoms with Crippen LogP contribution in [0.1, 0.15) is 23.0 Å². The predicted octanol–water partition coefficient (Wildman–Crippen LogP) is 4.39. The fraction of sp³-hybridized carbons (Fsp3) is 0.500. The molecule has 0 amide bonds. The standard InChI is InChI=1S/C13H11.3CH3.Sn/c1-2-4-11-10(3-1)12-8-5-6-9(7-8)13(11)12;;;;/h1-9,12-13H;3*1H3;/t8-,9+,12-,13+;;;;. The number of hydrogen-bond donors (Lipinski definition) is 0. The van der Waals surface area contributed by atoms with Crippen LogP contribution in [-0.4, -0.2) is 18.4 Å². The average Bonchev–Trinajstić information content (AvgIpc) is 2.75. The van der Waals surface area contributed by atoms with Gasteiger partial charge in [0, 0.05) is 0 Å². The molecule has 0 heterocycles. The Balaban J connectivity index is 1.81. The molecule has 5 atom stereocenters. The van der Waals surface area contributed by atoms with E-state index in [4.69, 9.17) is 0 Å². The molecule has 17 heavy (non-hydrogen) atoms. The fourth-order valence-corrected chi connectivity index (χ4v) is 13.3. The monoisotopic (exact) mass is 332 g/mol. The first kappa shape index (κ1) is 10.7. The molecule has 88 valence electrons. The molecule has 1 aromatic carbocycles. The molecule has 3 aliphatic rings. The molecule has 4 rings (SSSR count). The summed E-state index contributed by atoms with van der Waals surface area (Å²) in [5, 5.41) is 0. The van der Waals surface area contributed by atoms with E-state index in [0.717, 1.165) is 27.6 Å². The average molecular weight is 331 g/mol. The first-order valence-corrected chi connectivity index (χ1v) is 17.1. The van der Waals surface area contributed by atoms with Gasteiger partial charge in [0.15, 0.2) is 0 Å². The van der Waals surface area contributed by atoms with E-state index in [0.29, 0.717) is 0 Å². The third-order valence-corrected chi connectivity index (χ3v) is 13.2.